The van der Waals surface area contributed by atoms with Gasteiger partial charge in [0.25, 0.3) is 21.7 Å². The second kappa shape index (κ2) is 11.0. The van der Waals surface area contributed by atoms with Crippen molar-refractivity contribution in [1.29, 1.82) is 0 Å². The summed E-state index contributed by atoms with van der Waals surface area (Å²) in [7, 11) is -3.73. The SMILES string of the molecule is CC(C)Cc1c(OCc2ccccc2)nc(COS(C)(=O)=O)c(OC2CCCCC2)[n+]1[O-]. The standard InChI is InChI=1S/C23H32N2O6S/c1-17(2)14-21-22(29-15-18-10-6-4-7-11-18)24-20(16-30-32(3,27)28)23(25(21)26)31-19-12-8-5-9-13-19/h4,6-7,10-11,17,19H,5,8-9,12-16H2,1-3H3. The lowest BCUT2D eigenvalue weighted by Crippen LogP contribution is -2.39. The van der Waals surface area contributed by atoms with E-state index in [1.807, 2.05) is 44.2 Å². The Morgan fingerprint density at radius 3 is 2.44 bits per heavy atom. The average molecular weight is 465 g/mol. The number of nitrogens with zero attached hydrogens (tertiary/aromatic N) is 2. The van der Waals surface area contributed by atoms with E-state index in [0.29, 0.717) is 16.8 Å². The van der Waals surface area contributed by atoms with Gasteiger partial charge in [-0.3, -0.25) is 4.18 Å². The van der Waals surface area contributed by atoms with Crippen molar-refractivity contribution in [3.63, 3.8) is 0 Å². The predicted molar refractivity (Wildman–Crippen MR) is 120 cm³/mol. The summed E-state index contributed by atoms with van der Waals surface area (Å²) in [6.45, 7) is 3.84. The minimum absolute atomic E-state index is 0.00302. The smallest absolute Gasteiger partial charge is 0.405 e. The van der Waals surface area contributed by atoms with Crippen LogP contribution >= 0.6 is 0 Å². The van der Waals surface area contributed by atoms with Gasteiger partial charge < -0.3 is 14.7 Å². The summed E-state index contributed by atoms with van der Waals surface area (Å²) in [6.07, 6.45) is 6.19. The van der Waals surface area contributed by atoms with E-state index in [1.165, 1.54) is 0 Å². The molecule has 176 valence electrons. The zero-order valence-corrected chi connectivity index (χ0v) is 19.8. The van der Waals surface area contributed by atoms with Crippen molar-refractivity contribution < 1.29 is 26.8 Å². The monoisotopic (exact) mass is 464 g/mol. The van der Waals surface area contributed by atoms with Crippen LogP contribution in [0.5, 0.6) is 11.8 Å². The molecule has 1 heterocycles. The molecule has 0 atom stereocenters. The normalized spacial score (nSPS) is 15.1. The van der Waals surface area contributed by atoms with Gasteiger partial charge in [0.15, 0.2) is 5.69 Å². The van der Waals surface area contributed by atoms with Gasteiger partial charge in [0.05, 0.1) is 6.26 Å². The molecule has 0 saturated heterocycles. The molecule has 1 fully saturated rings. The van der Waals surface area contributed by atoms with Crippen molar-refractivity contribution in [2.24, 2.45) is 5.92 Å². The summed E-state index contributed by atoms with van der Waals surface area (Å²) < 4.78 is 40.9. The minimum atomic E-state index is -3.73. The van der Waals surface area contributed by atoms with Gasteiger partial charge in [-0.15, -0.1) is 4.73 Å². The van der Waals surface area contributed by atoms with Crippen LogP contribution in [0.2, 0.25) is 0 Å². The predicted octanol–water partition coefficient (Wildman–Crippen LogP) is 3.68. The van der Waals surface area contributed by atoms with Crippen molar-refractivity contribution >= 4 is 10.1 Å². The van der Waals surface area contributed by atoms with E-state index in [2.05, 4.69) is 4.98 Å². The third-order valence-corrected chi connectivity index (χ3v) is 5.77. The van der Waals surface area contributed by atoms with Gasteiger partial charge in [0.2, 0.25) is 0 Å². The number of rotatable bonds is 10. The zero-order valence-electron chi connectivity index (χ0n) is 19.0. The van der Waals surface area contributed by atoms with E-state index in [1.54, 1.807) is 0 Å². The quantitative estimate of drug-likeness (QED) is 0.300. The maximum Gasteiger partial charge on any atom is 0.405 e. The maximum absolute atomic E-state index is 13.4. The summed E-state index contributed by atoms with van der Waals surface area (Å²) in [5.41, 5.74) is 1.41. The zero-order chi connectivity index (χ0) is 23.1. The lowest BCUT2D eigenvalue weighted by Gasteiger charge is -2.24. The summed E-state index contributed by atoms with van der Waals surface area (Å²) in [5.74, 6) is 0.348. The van der Waals surface area contributed by atoms with Crippen molar-refractivity contribution in [2.75, 3.05) is 6.26 Å². The molecule has 1 saturated carbocycles. The van der Waals surface area contributed by atoms with Crippen LogP contribution in [0.15, 0.2) is 30.3 Å². The fourth-order valence-corrected chi connectivity index (χ4v) is 4.00. The Morgan fingerprint density at radius 2 is 1.81 bits per heavy atom. The first-order chi connectivity index (χ1) is 15.2. The van der Waals surface area contributed by atoms with E-state index >= 15 is 0 Å². The van der Waals surface area contributed by atoms with Crippen molar-refractivity contribution in [2.45, 2.75) is 71.7 Å². The lowest BCUT2D eigenvalue weighted by molar-refractivity contribution is -0.624. The first-order valence-electron chi connectivity index (χ1n) is 11.1. The van der Waals surface area contributed by atoms with Crippen LogP contribution < -0.4 is 14.2 Å². The van der Waals surface area contributed by atoms with E-state index in [0.717, 1.165) is 43.9 Å². The fraction of sp³-hybridized carbons (Fsp3) is 0.565. The van der Waals surface area contributed by atoms with E-state index in [9.17, 15) is 13.6 Å². The van der Waals surface area contributed by atoms with E-state index in [-0.39, 0.29) is 36.1 Å². The van der Waals surface area contributed by atoms with Crippen LogP contribution in [-0.4, -0.2) is 25.8 Å². The van der Waals surface area contributed by atoms with Crippen LogP contribution in [0.25, 0.3) is 0 Å². The van der Waals surface area contributed by atoms with Gasteiger partial charge >= 0.3 is 5.88 Å². The third kappa shape index (κ3) is 7.06. The van der Waals surface area contributed by atoms with Gasteiger partial charge in [-0.2, -0.15) is 13.4 Å². The van der Waals surface area contributed by atoms with E-state index in [4.69, 9.17) is 13.7 Å². The van der Waals surface area contributed by atoms with Gasteiger partial charge in [-0.25, -0.2) is 0 Å². The second-order valence-electron chi connectivity index (χ2n) is 8.63. The number of aromatic nitrogens is 2. The molecule has 0 spiro atoms. The van der Waals surface area contributed by atoms with Crippen LogP contribution in [0.4, 0.5) is 0 Å². The topological polar surface area (TPSA) is 102 Å². The highest BCUT2D eigenvalue weighted by Crippen LogP contribution is 2.28. The molecular formula is C23H32N2O6S. The first kappa shape index (κ1) is 24.3. The Morgan fingerprint density at radius 1 is 1.12 bits per heavy atom. The molecule has 8 nitrogen and oxygen atoms in total. The molecule has 1 aliphatic rings. The largest absolute Gasteiger partial charge is 0.616 e. The molecule has 0 bridgehead atoms. The van der Waals surface area contributed by atoms with Crippen LogP contribution in [0.3, 0.4) is 0 Å². The molecule has 9 heteroatoms. The fourth-order valence-electron chi connectivity index (χ4n) is 3.67. The Balaban J connectivity index is 1.98. The van der Waals surface area contributed by atoms with Crippen molar-refractivity contribution in [3.8, 4) is 11.8 Å². The number of ether oxygens (including phenoxy) is 2. The second-order valence-corrected chi connectivity index (χ2v) is 10.3. The summed E-state index contributed by atoms with van der Waals surface area (Å²) in [4.78, 5) is 4.51. The molecule has 1 aliphatic carbocycles. The van der Waals surface area contributed by atoms with Gasteiger partial charge in [0.1, 0.15) is 19.3 Å². The molecule has 0 radical (unpaired) electrons. The summed E-state index contributed by atoms with van der Waals surface area (Å²) >= 11 is 0. The van der Waals surface area contributed by atoms with Crippen LogP contribution in [-0.2, 0) is 33.9 Å². The minimum Gasteiger partial charge on any atom is -0.616 e. The Bertz CT molecular complexity index is 989. The highest BCUT2D eigenvalue weighted by molar-refractivity contribution is 7.85. The molecule has 0 unspecified atom stereocenters. The molecule has 0 aliphatic heterocycles. The maximum atomic E-state index is 13.4. The number of benzene rings is 1. The van der Waals surface area contributed by atoms with Crippen molar-refractivity contribution in [3.05, 3.63) is 52.5 Å². The van der Waals surface area contributed by atoms with Crippen molar-refractivity contribution in [1.82, 2.24) is 4.98 Å². The summed E-state index contributed by atoms with van der Waals surface area (Å²) in [5, 5.41) is 13.4. The molecule has 32 heavy (non-hydrogen) atoms. The Kier molecular flexibility index (Phi) is 8.31. The highest BCUT2D eigenvalue weighted by Gasteiger charge is 2.30. The number of hydrogen-bond donors (Lipinski definition) is 0. The Labute approximate surface area is 190 Å². The molecule has 0 amide bonds. The molecule has 1 aromatic carbocycles. The highest BCUT2D eigenvalue weighted by atomic mass is 32.2. The van der Waals surface area contributed by atoms with Gasteiger partial charge in [-0.1, -0.05) is 50.6 Å². The lowest BCUT2D eigenvalue weighted by atomic mass is 9.98. The first-order valence-corrected chi connectivity index (χ1v) is 12.9. The average Bonchev–Trinajstić information content (AvgIpc) is 2.75. The molecule has 2 aromatic rings. The molecule has 1 aromatic heterocycles. The van der Waals surface area contributed by atoms with Crippen LogP contribution in [0, 0.1) is 11.1 Å². The molecule has 0 N–H and O–H groups in total. The van der Waals surface area contributed by atoms with E-state index < -0.39 is 16.7 Å². The summed E-state index contributed by atoms with van der Waals surface area (Å²) in [6, 6.07) is 9.56. The van der Waals surface area contributed by atoms with Crippen LogP contribution in [0.1, 0.15) is 62.9 Å². The van der Waals surface area contributed by atoms with Gasteiger partial charge in [-0.05, 0) is 37.2 Å². The molecular weight excluding hydrogens is 432 g/mol. The third-order valence-electron chi connectivity index (χ3n) is 5.22. The van der Waals surface area contributed by atoms with Gasteiger partial charge in [0, 0.05) is 6.42 Å². The number of hydrogen-bond acceptors (Lipinski definition) is 7. The Hall–Kier alpha value is -2.39. The molecule has 3 rings (SSSR count).